The molecule has 1 amide bonds. The second kappa shape index (κ2) is 6.45. The van der Waals surface area contributed by atoms with Gasteiger partial charge in [0.1, 0.15) is 0 Å². The minimum absolute atomic E-state index is 0.00759. The van der Waals surface area contributed by atoms with Gasteiger partial charge in [-0.2, -0.15) is 0 Å². The molecule has 1 heterocycles. The average molecular weight is 334 g/mol. The number of nitrogens with one attached hydrogen (secondary N) is 1. The fraction of sp³-hybridized carbons (Fsp3) is 0.333. The van der Waals surface area contributed by atoms with Crippen LogP contribution in [-0.4, -0.2) is 42.3 Å². The van der Waals surface area contributed by atoms with Gasteiger partial charge in [0, 0.05) is 29.3 Å². The zero-order valence-corrected chi connectivity index (χ0v) is 14.4. The summed E-state index contributed by atoms with van der Waals surface area (Å²) in [6.07, 6.45) is 2.33. The fourth-order valence-corrected chi connectivity index (χ4v) is 4.02. The molecule has 1 atom stereocenters. The number of hydrogen-bond donors (Lipinski definition) is 1. The number of ketones is 1. The van der Waals surface area contributed by atoms with Crippen molar-refractivity contribution in [1.29, 1.82) is 0 Å². The van der Waals surface area contributed by atoms with Crippen LogP contribution in [0.15, 0.2) is 42.5 Å². The summed E-state index contributed by atoms with van der Waals surface area (Å²) in [6, 6.07) is 13.5. The largest absolute Gasteiger partial charge is 0.350 e. The molecule has 4 rings (SSSR count). The molecule has 0 radical (unpaired) electrons. The molecule has 1 unspecified atom stereocenters. The molecule has 1 fully saturated rings. The van der Waals surface area contributed by atoms with Crippen molar-refractivity contribution in [2.24, 2.45) is 0 Å². The zero-order chi connectivity index (χ0) is 17.4. The van der Waals surface area contributed by atoms with E-state index in [9.17, 15) is 9.59 Å². The molecule has 1 aliphatic carbocycles. The molecule has 0 saturated carbocycles. The molecule has 0 spiro atoms. The van der Waals surface area contributed by atoms with Crippen molar-refractivity contribution in [3.8, 4) is 11.1 Å². The van der Waals surface area contributed by atoms with Crippen LogP contribution in [0.3, 0.4) is 0 Å². The van der Waals surface area contributed by atoms with E-state index in [0.29, 0.717) is 23.7 Å². The molecule has 0 bridgehead atoms. The van der Waals surface area contributed by atoms with Gasteiger partial charge in [0.2, 0.25) is 0 Å². The molecule has 128 valence electrons. The van der Waals surface area contributed by atoms with E-state index in [1.165, 1.54) is 6.42 Å². The minimum Gasteiger partial charge on any atom is -0.350 e. The molecular weight excluding hydrogens is 312 g/mol. The summed E-state index contributed by atoms with van der Waals surface area (Å²) < 4.78 is 0. The summed E-state index contributed by atoms with van der Waals surface area (Å²) in [7, 11) is 0. The van der Waals surface area contributed by atoms with Gasteiger partial charge < -0.3 is 5.32 Å². The summed E-state index contributed by atoms with van der Waals surface area (Å²) in [5.41, 5.74) is 3.79. The number of likely N-dealkylation sites (tertiary alicyclic amines) is 1. The second-order valence-electron chi connectivity index (χ2n) is 6.77. The van der Waals surface area contributed by atoms with Gasteiger partial charge in [-0.15, -0.1) is 0 Å². The second-order valence-corrected chi connectivity index (χ2v) is 6.77. The standard InChI is InChI=1S/C21H22N2O2/c1-2-23-11-5-6-15(23)13-22-21(25)14-9-10-17-16-7-3-4-8-18(16)20(24)19(17)12-14/h3-4,7-10,12,15H,2,5-6,11,13H2,1H3,(H,22,25). The number of rotatable bonds is 4. The Morgan fingerprint density at radius 3 is 2.68 bits per heavy atom. The van der Waals surface area contributed by atoms with Crippen LogP contribution in [0.4, 0.5) is 0 Å². The molecule has 2 aromatic carbocycles. The highest BCUT2D eigenvalue weighted by atomic mass is 16.1. The van der Waals surface area contributed by atoms with Gasteiger partial charge >= 0.3 is 0 Å². The van der Waals surface area contributed by atoms with Crippen molar-refractivity contribution in [1.82, 2.24) is 10.2 Å². The quantitative estimate of drug-likeness (QED) is 0.797. The normalized spacial score (nSPS) is 18.9. The van der Waals surface area contributed by atoms with E-state index in [-0.39, 0.29) is 11.7 Å². The lowest BCUT2D eigenvalue weighted by Gasteiger charge is -2.22. The van der Waals surface area contributed by atoms with Gasteiger partial charge in [-0.1, -0.05) is 37.3 Å². The number of likely N-dealkylation sites (N-methyl/N-ethyl adjacent to an activating group) is 1. The van der Waals surface area contributed by atoms with Crippen LogP contribution in [-0.2, 0) is 0 Å². The Morgan fingerprint density at radius 1 is 1.12 bits per heavy atom. The Bertz CT molecular complexity index is 844. The van der Waals surface area contributed by atoms with Crippen molar-refractivity contribution in [2.75, 3.05) is 19.6 Å². The SMILES string of the molecule is CCN1CCCC1CNC(=O)c1ccc2c(c1)C(=O)c1ccccc1-2. The highest BCUT2D eigenvalue weighted by Gasteiger charge is 2.27. The number of nitrogens with zero attached hydrogens (tertiary/aromatic N) is 1. The Balaban J connectivity index is 1.51. The van der Waals surface area contributed by atoms with Crippen LogP contribution in [0, 0.1) is 0 Å². The zero-order valence-electron chi connectivity index (χ0n) is 14.4. The molecule has 2 aromatic rings. The lowest BCUT2D eigenvalue weighted by atomic mass is 10.0. The number of hydrogen-bond acceptors (Lipinski definition) is 3. The van der Waals surface area contributed by atoms with Crippen LogP contribution in [0.1, 0.15) is 46.0 Å². The van der Waals surface area contributed by atoms with Crippen LogP contribution < -0.4 is 5.32 Å². The van der Waals surface area contributed by atoms with Crippen molar-refractivity contribution >= 4 is 11.7 Å². The number of fused-ring (bicyclic) bond motifs is 3. The van der Waals surface area contributed by atoms with Crippen molar-refractivity contribution < 1.29 is 9.59 Å². The molecule has 4 nitrogen and oxygen atoms in total. The van der Waals surface area contributed by atoms with Gasteiger partial charge in [0.25, 0.3) is 5.91 Å². The van der Waals surface area contributed by atoms with Crippen LogP contribution >= 0.6 is 0 Å². The number of amides is 1. The summed E-state index contributed by atoms with van der Waals surface area (Å²) in [5.74, 6) is -0.0947. The molecule has 2 aliphatic rings. The lowest BCUT2D eigenvalue weighted by molar-refractivity contribution is 0.0941. The van der Waals surface area contributed by atoms with E-state index in [2.05, 4.69) is 17.1 Å². The predicted octanol–water partition coefficient (Wildman–Crippen LogP) is 3.11. The van der Waals surface area contributed by atoms with Gasteiger partial charge in [-0.25, -0.2) is 0 Å². The molecular formula is C21H22N2O2. The number of benzene rings is 2. The maximum absolute atomic E-state index is 12.6. The maximum Gasteiger partial charge on any atom is 0.251 e. The predicted molar refractivity (Wildman–Crippen MR) is 97.9 cm³/mol. The van der Waals surface area contributed by atoms with Gasteiger partial charge in [0.15, 0.2) is 5.78 Å². The average Bonchev–Trinajstić information content (AvgIpc) is 3.22. The highest BCUT2D eigenvalue weighted by Crippen LogP contribution is 2.36. The molecule has 1 saturated heterocycles. The van der Waals surface area contributed by atoms with Gasteiger partial charge in [-0.3, -0.25) is 14.5 Å². The third-order valence-corrected chi connectivity index (χ3v) is 5.39. The summed E-state index contributed by atoms with van der Waals surface area (Å²) in [6.45, 7) is 4.95. The van der Waals surface area contributed by atoms with Gasteiger partial charge in [0.05, 0.1) is 0 Å². The summed E-state index contributed by atoms with van der Waals surface area (Å²) in [4.78, 5) is 27.5. The van der Waals surface area contributed by atoms with E-state index in [0.717, 1.165) is 36.2 Å². The fourth-order valence-electron chi connectivity index (χ4n) is 4.02. The molecule has 1 N–H and O–H groups in total. The number of carbonyl (C=O) groups is 2. The number of carbonyl (C=O) groups excluding carboxylic acids is 2. The third-order valence-electron chi connectivity index (χ3n) is 5.39. The van der Waals surface area contributed by atoms with Crippen LogP contribution in [0.5, 0.6) is 0 Å². The first-order valence-electron chi connectivity index (χ1n) is 8.99. The Labute approximate surface area is 147 Å². The van der Waals surface area contributed by atoms with Gasteiger partial charge in [-0.05, 0) is 49.2 Å². The van der Waals surface area contributed by atoms with Crippen molar-refractivity contribution in [3.63, 3.8) is 0 Å². The monoisotopic (exact) mass is 334 g/mol. The van der Waals surface area contributed by atoms with Crippen LogP contribution in [0.25, 0.3) is 11.1 Å². The highest BCUT2D eigenvalue weighted by molar-refractivity contribution is 6.22. The van der Waals surface area contributed by atoms with E-state index in [4.69, 9.17) is 0 Å². The Morgan fingerprint density at radius 2 is 1.88 bits per heavy atom. The first-order valence-corrected chi connectivity index (χ1v) is 8.99. The van der Waals surface area contributed by atoms with E-state index in [1.54, 1.807) is 6.07 Å². The van der Waals surface area contributed by atoms with E-state index < -0.39 is 0 Å². The molecule has 25 heavy (non-hydrogen) atoms. The third kappa shape index (κ3) is 2.76. The molecule has 4 heteroatoms. The summed E-state index contributed by atoms with van der Waals surface area (Å²) >= 11 is 0. The summed E-state index contributed by atoms with van der Waals surface area (Å²) in [5, 5.41) is 3.04. The van der Waals surface area contributed by atoms with E-state index >= 15 is 0 Å². The molecule has 0 aromatic heterocycles. The van der Waals surface area contributed by atoms with Crippen molar-refractivity contribution in [2.45, 2.75) is 25.8 Å². The lowest BCUT2D eigenvalue weighted by Crippen LogP contribution is -2.40. The molecule has 1 aliphatic heterocycles. The maximum atomic E-state index is 12.6. The topological polar surface area (TPSA) is 49.4 Å². The Hall–Kier alpha value is -2.46. The minimum atomic E-state index is -0.102. The first-order chi connectivity index (χ1) is 12.2. The smallest absolute Gasteiger partial charge is 0.251 e. The first kappa shape index (κ1) is 16.0. The van der Waals surface area contributed by atoms with Crippen molar-refractivity contribution in [3.05, 3.63) is 59.2 Å². The van der Waals surface area contributed by atoms with E-state index in [1.807, 2.05) is 36.4 Å². The van der Waals surface area contributed by atoms with Crippen LogP contribution in [0.2, 0.25) is 0 Å². The Kier molecular flexibility index (Phi) is 4.14.